The van der Waals surface area contributed by atoms with Crippen LogP contribution in [0, 0.1) is 0 Å². The Labute approximate surface area is 167 Å². The molecule has 4 aromatic heterocycles. The van der Waals surface area contributed by atoms with Gasteiger partial charge in [-0.1, -0.05) is 0 Å². The molecule has 4 heterocycles. The van der Waals surface area contributed by atoms with Gasteiger partial charge in [-0.2, -0.15) is 18.3 Å². The lowest BCUT2D eigenvalue weighted by Gasteiger charge is -2.09. The van der Waals surface area contributed by atoms with Crippen LogP contribution in [0.15, 0.2) is 48.1 Å². The number of hydrogen-bond acceptors (Lipinski definition) is 7. The lowest BCUT2D eigenvalue weighted by atomic mass is 10.1. The van der Waals surface area contributed by atoms with E-state index in [1.54, 1.807) is 6.07 Å². The summed E-state index contributed by atoms with van der Waals surface area (Å²) >= 11 is 0. The summed E-state index contributed by atoms with van der Waals surface area (Å²) < 4.78 is 62.9. The molecule has 4 rings (SSSR count). The largest absolute Gasteiger partial charge is 0.405 e. The number of aromatic nitrogens is 6. The van der Waals surface area contributed by atoms with Gasteiger partial charge in [-0.25, -0.2) is 28.1 Å². The van der Waals surface area contributed by atoms with Crippen molar-refractivity contribution in [1.82, 2.24) is 29.7 Å². The Morgan fingerprint density at radius 2 is 1.93 bits per heavy atom. The number of imidazole rings is 1. The number of alkyl halides is 3. The third kappa shape index (κ3) is 3.96. The zero-order valence-electron chi connectivity index (χ0n) is 15.3. The van der Waals surface area contributed by atoms with Crippen molar-refractivity contribution in [3.63, 3.8) is 0 Å². The highest BCUT2D eigenvalue weighted by Crippen LogP contribution is 2.31. The maximum Gasteiger partial charge on any atom is 0.405 e. The molecule has 13 heteroatoms. The summed E-state index contributed by atoms with van der Waals surface area (Å²) in [4.78, 5) is 15.3. The first-order valence-corrected chi connectivity index (χ1v) is 10.4. The number of rotatable bonds is 5. The summed E-state index contributed by atoms with van der Waals surface area (Å²) in [6.07, 6.45) is 2.32. The molecule has 0 atom stereocenters. The maximum atomic E-state index is 12.3. The highest BCUT2D eigenvalue weighted by Gasteiger charge is 2.27. The van der Waals surface area contributed by atoms with Gasteiger partial charge in [0.1, 0.15) is 12.1 Å². The van der Waals surface area contributed by atoms with Gasteiger partial charge in [0.05, 0.1) is 18.2 Å². The number of pyridine rings is 2. The highest BCUT2D eigenvalue weighted by atomic mass is 32.2. The van der Waals surface area contributed by atoms with Crippen molar-refractivity contribution in [2.45, 2.75) is 11.2 Å². The number of H-pyrrole nitrogens is 1. The smallest absolute Gasteiger partial charge is 0.375 e. The third-order valence-electron chi connectivity index (χ3n) is 4.12. The number of fused-ring (bicyclic) bond motifs is 1. The average Bonchev–Trinajstić information content (AvgIpc) is 3.33. The van der Waals surface area contributed by atoms with Crippen molar-refractivity contribution in [1.29, 1.82) is 0 Å². The van der Waals surface area contributed by atoms with Crippen LogP contribution in [0.2, 0.25) is 0 Å². The minimum Gasteiger partial charge on any atom is -0.375 e. The minimum absolute atomic E-state index is 0.166. The molecule has 0 aliphatic heterocycles. The van der Waals surface area contributed by atoms with E-state index in [1.807, 2.05) is 0 Å². The molecule has 0 saturated carbocycles. The van der Waals surface area contributed by atoms with E-state index in [0.29, 0.717) is 22.3 Å². The van der Waals surface area contributed by atoms with E-state index in [0.717, 1.165) is 6.26 Å². The average molecular weight is 437 g/mol. The molecule has 0 spiro atoms. The second-order valence-electron chi connectivity index (χ2n) is 6.40. The summed E-state index contributed by atoms with van der Waals surface area (Å²) in [7, 11) is -3.71. The van der Waals surface area contributed by atoms with E-state index in [-0.39, 0.29) is 16.5 Å². The van der Waals surface area contributed by atoms with Gasteiger partial charge in [0, 0.05) is 29.8 Å². The number of anilines is 1. The predicted molar refractivity (Wildman–Crippen MR) is 102 cm³/mol. The van der Waals surface area contributed by atoms with Crippen LogP contribution < -0.4 is 5.32 Å². The SMILES string of the molecule is CS(=O)(=O)c1nn(-c2ccc(NCC(F)(F)F)cn2)cc1-c1ccnc2[nH]cnc12. The van der Waals surface area contributed by atoms with Gasteiger partial charge in [-0.15, -0.1) is 0 Å². The maximum absolute atomic E-state index is 12.3. The van der Waals surface area contributed by atoms with E-state index in [1.165, 1.54) is 41.7 Å². The fraction of sp³-hybridized carbons (Fsp3) is 0.176. The van der Waals surface area contributed by atoms with Gasteiger partial charge in [0.2, 0.25) is 0 Å². The Hall–Kier alpha value is -3.48. The van der Waals surface area contributed by atoms with Crippen LogP contribution in [0.3, 0.4) is 0 Å². The van der Waals surface area contributed by atoms with Crippen molar-refractivity contribution in [3.8, 4) is 16.9 Å². The number of nitrogens with one attached hydrogen (secondary N) is 2. The molecule has 0 fully saturated rings. The lowest BCUT2D eigenvalue weighted by molar-refractivity contribution is -0.115. The number of halogens is 3. The van der Waals surface area contributed by atoms with Gasteiger partial charge in [0.25, 0.3) is 0 Å². The molecule has 30 heavy (non-hydrogen) atoms. The van der Waals surface area contributed by atoms with Crippen molar-refractivity contribution >= 4 is 26.7 Å². The molecule has 0 aliphatic carbocycles. The van der Waals surface area contributed by atoms with E-state index in [2.05, 4.69) is 30.4 Å². The fourth-order valence-corrected chi connectivity index (χ4v) is 3.63. The standard InChI is InChI=1S/C17H14F3N7O2S/c1-30(28,29)16-12(11-4-5-21-15-14(11)24-9-25-15)7-27(26-16)13-3-2-10(6-22-13)23-8-17(18,19)20/h2-7,9,23H,8H2,1H3,(H,21,24,25). The number of sulfone groups is 1. The van der Waals surface area contributed by atoms with E-state index in [4.69, 9.17) is 0 Å². The molecule has 0 unspecified atom stereocenters. The van der Waals surface area contributed by atoms with Crippen LogP contribution >= 0.6 is 0 Å². The fourth-order valence-electron chi connectivity index (χ4n) is 2.83. The molecular formula is C17H14F3N7O2S. The molecule has 156 valence electrons. The van der Waals surface area contributed by atoms with Crippen LogP contribution in [-0.2, 0) is 9.84 Å². The molecule has 0 aliphatic rings. The zero-order valence-corrected chi connectivity index (χ0v) is 16.2. The second-order valence-corrected chi connectivity index (χ2v) is 8.33. The highest BCUT2D eigenvalue weighted by molar-refractivity contribution is 7.90. The monoisotopic (exact) mass is 437 g/mol. The summed E-state index contributed by atoms with van der Waals surface area (Å²) in [6.45, 7) is -1.19. The normalized spacial score (nSPS) is 12.4. The van der Waals surface area contributed by atoms with Crippen LogP contribution in [0.1, 0.15) is 0 Å². The summed E-state index contributed by atoms with van der Waals surface area (Å²) in [5.41, 5.74) is 1.94. The van der Waals surface area contributed by atoms with Gasteiger partial charge >= 0.3 is 6.18 Å². The third-order valence-corrected chi connectivity index (χ3v) is 5.12. The second kappa shape index (κ2) is 7.09. The summed E-state index contributed by atoms with van der Waals surface area (Å²) in [6, 6.07) is 4.45. The Bertz CT molecular complexity index is 1310. The lowest BCUT2D eigenvalue weighted by Crippen LogP contribution is -2.21. The van der Waals surface area contributed by atoms with Gasteiger partial charge < -0.3 is 10.3 Å². The van der Waals surface area contributed by atoms with Crippen molar-refractivity contribution in [2.75, 3.05) is 18.1 Å². The predicted octanol–water partition coefficient (Wildman–Crippen LogP) is 2.58. The first kappa shape index (κ1) is 19.8. The van der Waals surface area contributed by atoms with E-state index in [9.17, 15) is 21.6 Å². The van der Waals surface area contributed by atoms with Crippen LogP contribution in [0.25, 0.3) is 28.1 Å². The minimum atomic E-state index is -4.36. The zero-order chi connectivity index (χ0) is 21.5. The number of hydrogen-bond donors (Lipinski definition) is 2. The van der Waals surface area contributed by atoms with Crippen molar-refractivity contribution in [2.24, 2.45) is 0 Å². The molecule has 0 aromatic carbocycles. The van der Waals surface area contributed by atoms with Crippen molar-refractivity contribution in [3.05, 3.63) is 43.1 Å². The summed E-state index contributed by atoms with van der Waals surface area (Å²) in [5.74, 6) is 0.232. The Morgan fingerprint density at radius 1 is 1.13 bits per heavy atom. The van der Waals surface area contributed by atoms with E-state index >= 15 is 0 Å². The van der Waals surface area contributed by atoms with Crippen LogP contribution in [0.5, 0.6) is 0 Å². The summed E-state index contributed by atoms with van der Waals surface area (Å²) in [5, 5.41) is 6.18. The number of nitrogens with zero attached hydrogens (tertiary/aromatic N) is 5. The van der Waals surface area contributed by atoms with Gasteiger partial charge in [0.15, 0.2) is 26.3 Å². The molecule has 0 radical (unpaired) electrons. The molecule has 9 nitrogen and oxygen atoms in total. The molecule has 0 amide bonds. The first-order valence-electron chi connectivity index (χ1n) is 8.47. The molecule has 0 saturated heterocycles. The topological polar surface area (TPSA) is 118 Å². The van der Waals surface area contributed by atoms with Crippen molar-refractivity contribution < 1.29 is 21.6 Å². The molecule has 4 aromatic rings. The number of aromatic amines is 1. The van der Waals surface area contributed by atoms with Gasteiger partial charge in [-0.05, 0) is 18.2 Å². The van der Waals surface area contributed by atoms with E-state index < -0.39 is 22.6 Å². The Morgan fingerprint density at radius 3 is 2.60 bits per heavy atom. The molecule has 2 N–H and O–H groups in total. The Kier molecular flexibility index (Phi) is 4.68. The van der Waals surface area contributed by atoms with Crippen LogP contribution in [-0.4, -0.2) is 57.1 Å². The van der Waals surface area contributed by atoms with Gasteiger partial charge in [-0.3, -0.25) is 0 Å². The molecule has 0 bridgehead atoms. The first-order chi connectivity index (χ1) is 14.1. The molecular weight excluding hydrogens is 423 g/mol. The quantitative estimate of drug-likeness (QED) is 0.493. The van der Waals surface area contributed by atoms with Crippen LogP contribution in [0.4, 0.5) is 18.9 Å². The Balaban J connectivity index is 1.75.